The van der Waals surface area contributed by atoms with Crippen molar-refractivity contribution in [2.45, 2.75) is 19.8 Å². The van der Waals surface area contributed by atoms with Crippen LogP contribution in [0.25, 0.3) is 10.8 Å². The van der Waals surface area contributed by atoms with Crippen LogP contribution >= 0.6 is 0 Å². The average Bonchev–Trinajstić information content (AvgIpc) is 2.43. The maximum Gasteiger partial charge on any atom is 0.278 e. The highest BCUT2D eigenvalue weighted by atomic mass is 16.6. The average molecular weight is 274 g/mol. The highest BCUT2D eigenvalue weighted by Crippen LogP contribution is 2.31. The van der Waals surface area contributed by atoms with E-state index in [1.165, 1.54) is 6.07 Å². The number of benzene rings is 1. The number of hydrogen-bond acceptors (Lipinski definition) is 5. The maximum atomic E-state index is 11.1. The monoisotopic (exact) mass is 274 g/mol. The summed E-state index contributed by atoms with van der Waals surface area (Å²) < 4.78 is 0. The molecule has 0 saturated carbocycles. The lowest BCUT2D eigenvalue weighted by Gasteiger charge is -2.10. The third-order valence-corrected chi connectivity index (χ3v) is 3.16. The fourth-order valence-corrected chi connectivity index (χ4v) is 2.13. The fraction of sp³-hybridized carbons (Fsp3) is 0.357. The van der Waals surface area contributed by atoms with E-state index in [0.29, 0.717) is 11.9 Å². The van der Waals surface area contributed by atoms with Gasteiger partial charge < -0.3 is 11.1 Å². The molecule has 2 aromatic rings. The molecule has 106 valence electrons. The molecule has 0 unspecified atom stereocenters. The molecule has 2 rings (SSSR count). The van der Waals surface area contributed by atoms with Crippen LogP contribution in [-0.2, 0) is 0 Å². The number of nitro benzene ring substituents is 1. The van der Waals surface area contributed by atoms with E-state index in [1.807, 2.05) is 13.0 Å². The molecule has 6 heteroatoms. The second-order valence-electron chi connectivity index (χ2n) is 4.68. The van der Waals surface area contributed by atoms with Crippen molar-refractivity contribution in [1.82, 2.24) is 4.98 Å². The predicted molar refractivity (Wildman–Crippen MR) is 79.9 cm³/mol. The van der Waals surface area contributed by atoms with Crippen LogP contribution in [0.2, 0.25) is 0 Å². The zero-order valence-corrected chi connectivity index (χ0v) is 11.4. The lowest BCUT2D eigenvalue weighted by Crippen LogP contribution is -2.06. The van der Waals surface area contributed by atoms with Gasteiger partial charge in [-0.2, -0.15) is 0 Å². The van der Waals surface area contributed by atoms with Gasteiger partial charge in [0.15, 0.2) is 0 Å². The molecular formula is C14H18N4O2. The second-order valence-corrected chi connectivity index (χ2v) is 4.68. The van der Waals surface area contributed by atoms with Gasteiger partial charge in [-0.05, 0) is 38.4 Å². The summed E-state index contributed by atoms with van der Waals surface area (Å²) in [5.74, 6) is 0. The minimum Gasteiger partial charge on any atom is -0.385 e. The first kappa shape index (κ1) is 14.2. The number of nitrogens with two attached hydrogens (primary N) is 1. The van der Waals surface area contributed by atoms with Gasteiger partial charge in [0.25, 0.3) is 5.69 Å². The molecular weight excluding hydrogens is 256 g/mol. The lowest BCUT2D eigenvalue weighted by molar-refractivity contribution is -0.383. The minimum atomic E-state index is -0.377. The molecule has 0 spiro atoms. The summed E-state index contributed by atoms with van der Waals surface area (Å²) in [6.07, 6.45) is 3.49. The smallest absolute Gasteiger partial charge is 0.278 e. The van der Waals surface area contributed by atoms with Gasteiger partial charge in [-0.15, -0.1) is 0 Å². The van der Waals surface area contributed by atoms with Crippen molar-refractivity contribution in [3.63, 3.8) is 0 Å². The number of anilines is 1. The first-order chi connectivity index (χ1) is 9.63. The van der Waals surface area contributed by atoms with Crippen molar-refractivity contribution < 1.29 is 4.92 Å². The van der Waals surface area contributed by atoms with E-state index in [1.54, 1.807) is 12.3 Å². The van der Waals surface area contributed by atoms with E-state index in [0.717, 1.165) is 36.2 Å². The molecule has 3 N–H and O–H groups in total. The van der Waals surface area contributed by atoms with E-state index >= 15 is 0 Å². The SMILES string of the molecule is Cc1cc2c(NCCCCN)ccc([N+](=O)[O-])c2cn1. The number of nitrogens with zero attached hydrogens (tertiary/aromatic N) is 2. The lowest BCUT2D eigenvalue weighted by atomic mass is 10.1. The van der Waals surface area contributed by atoms with Crippen molar-refractivity contribution in [3.8, 4) is 0 Å². The molecule has 0 amide bonds. The van der Waals surface area contributed by atoms with Crippen LogP contribution in [0.4, 0.5) is 11.4 Å². The van der Waals surface area contributed by atoms with Gasteiger partial charge in [-0.25, -0.2) is 0 Å². The molecule has 1 aromatic heterocycles. The molecule has 1 aromatic carbocycles. The van der Waals surface area contributed by atoms with E-state index in [9.17, 15) is 10.1 Å². The molecule has 0 radical (unpaired) electrons. The molecule has 0 atom stereocenters. The van der Waals surface area contributed by atoms with E-state index < -0.39 is 0 Å². The predicted octanol–water partition coefficient (Wildman–Crippen LogP) is 2.60. The number of pyridine rings is 1. The molecule has 0 saturated heterocycles. The summed E-state index contributed by atoms with van der Waals surface area (Å²) in [4.78, 5) is 14.8. The zero-order valence-electron chi connectivity index (χ0n) is 11.4. The minimum absolute atomic E-state index is 0.0833. The number of nitro groups is 1. The van der Waals surface area contributed by atoms with Crippen LogP contribution in [0.3, 0.4) is 0 Å². The van der Waals surface area contributed by atoms with Crippen molar-refractivity contribution in [3.05, 3.63) is 40.2 Å². The molecule has 0 bridgehead atoms. The van der Waals surface area contributed by atoms with Crippen LogP contribution < -0.4 is 11.1 Å². The molecule has 0 aliphatic rings. The third-order valence-electron chi connectivity index (χ3n) is 3.16. The summed E-state index contributed by atoms with van der Waals surface area (Å²) in [5, 5.41) is 15.8. The van der Waals surface area contributed by atoms with E-state index in [-0.39, 0.29) is 10.6 Å². The molecule has 0 fully saturated rings. The first-order valence-corrected chi connectivity index (χ1v) is 6.61. The molecule has 0 aliphatic heterocycles. The Balaban J connectivity index is 2.37. The van der Waals surface area contributed by atoms with E-state index in [4.69, 9.17) is 5.73 Å². The Morgan fingerprint density at radius 1 is 1.35 bits per heavy atom. The largest absolute Gasteiger partial charge is 0.385 e. The summed E-state index contributed by atoms with van der Waals surface area (Å²) >= 11 is 0. The molecule has 1 heterocycles. The topological polar surface area (TPSA) is 94.1 Å². The number of fused-ring (bicyclic) bond motifs is 1. The Labute approximate surface area is 117 Å². The number of aryl methyl sites for hydroxylation is 1. The van der Waals surface area contributed by atoms with Crippen LogP contribution in [0.15, 0.2) is 24.4 Å². The normalized spacial score (nSPS) is 10.7. The van der Waals surface area contributed by atoms with Gasteiger partial charge in [0, 0.05) is 35.6 Å². The van der Waals surface area contributed by atoms with Crippen LogP contribution in [-0.4, -0.2) is 23.0 Å². The Morgan fingerprint density at radius 3 is 2.85 bits per heavy atom. The van der Waals surface area contributed by atoms with Gasteiger partial charge in [-0.1, -0.05) is 0 Å². The molecule has 20 heavy (non-hydrogen) atoms. The quantitative estimate of drug-likeness (QED) is 0.479. The number of nitrogens with one attached hydrogen (secondary N) is 1. The molecule has 6 nitrogen and oxygen atoms in total. The first-order valence-electron chi connectivity index (χ1n) is 6.61. The maximum absolute atomic E-state index is 11.1. The Morgan fingerprint density at radius 2 is 2.15 bits per heavy atom. The highest BCUT2D eigenvalue weighted by molar-refractivity contribution is 5.99. The summed E-state index contributed by atoms with van der Waals surface area (Å²) in [7, 11) is 0. The van der Waals surface area contributed by atoms with Gasteiger partial charge in [0.05, 0.1) is 10.3 Å². The number of hydrogen-bond donors (Lipinski definition) is 2. The van der Waals surface area contributed by atoms with Crippen molar-refractivity contribution in [2.24, 2.45) is 5.73 Å². The summed E-state index contributed by atoms with van der Waals surface area (Å²) in [6, 6.07) is 5.14. The van der Waals surface area contributed by atoms with Gasteiger partial charge in [-0.3, -0.25) is 15.1 Å². The Kier molecular flexibility index (Phi) is 4.47. The van der Waals surface area contributed by atoms with Gasteiger partial charge >= 0.3 is 0 Å². The molecule has 0 aliphatic carbocycles. The summed E-state index contributed by atoms with van der Waals surface area (Å²) in [5.41, 5.74) is 7.28. The van der Waals surface area contributed by atoms with E-state index in [2.05, 4.69) is 10.3 Å². The van der Waals surface area contributed by atoms with Crippen LogP contribution in [0.5, 0.6) is 0 Å². The van der Waals surface area contributed by atoms with Crippen LogP contribution in [0.1, 0.15) is 18.5 Å². The van der Waals surface area contributed by atoms with Crippen molar-refractivity contribution in [2.75, 3.05) is 18.4 Å². The van der Waals surface area contributed by atoms with Crippen molar-refractivity contribution >= 4 is 22.1 Å². The fourth-order valence-electron chi connectivity index (χ4n) is 2.13. The Hall–Kier alpha value is -2.21. The summed E-state index contributed by atoms with van der Waals surface area (Å²) in [6.45, 7) is 3.34. The van der Waals surface area contributed by atoms with Crippen LogP contribution in [0, 0.1) is 17.0 Å². The number of unbranched alkanes of at least 4 members (excludes halogenated alkanes) is 1. The Bertz CT molecular complexity index is 628. The van der Waals surface area contributed by atoms with Gasteiger partial charge in [0.2, 0.25) is 0 Å². The number of rotatable bonds is 6. The third kappa shape index (κ3) is 3.03. The highest BCUT2D eigenvalue weighted by Gasteiger charge is 2.14. The number of non-ortho nitro benzene ring substituents is 1. The number of aromatic nitrogens is 1. The second kappa shape index (κ2) is 6.29. The van der Waals surface area contributed by atoms with Gasteiger partial charge in [0.1, 0.15) is 0 Å². The van der Waals surface area contributed by atoms with Crippen molar-refractivity contribution in [1.29, 1.82) is 0 Å². The standard InChI is InChI=1S/C14H18N4O2/c1-10-8-11-12(9-17-10)14(18(19)20)5-4-13(11)16-7-3-2-6-15/h4-5,8-9,16H,2-3,6-7,15H2,1H3. The zero-order chi connectivity index (χ0) is 14.5.